The average molecular weight is 456 g/mol. The summed E-state index contributed by atoms with van der Waals surface area (Å²) >= 11 is 1.90. The van der Waals surface area contributed by atoms with Crippen molar-refractivity contribution in [3.05, 3.63) is 29.8 Å². The van der Waals surface area contributed by atoms with Crippen molar-refractivity contribution < 1.29 is 4.79 Å². The summed E-state index contributed by atoms with van der Waals surface area (Å²) in [6.07, 6.45) is 17.1. The summed E-state index contributed by atoms with van der Waals surface area (Å²) in [5, 5.41) is 4.39. The number of carbonyl (C=O) groups excluding carboxylic acids is 1. The molecule has 0 radical (unpaired) electrons. The highest BCUT2D eigenvalue weighted by Crippen LogP contribution is 2.35. The van der Waals surface area contributed by atoms with E-state index in [1.54, 1.807) is 0 Å². The van der Waals surface area contributed by atoms with E-state index < -0.39 is 0 Å². The molecule has 4 rings (SSSR count). The van der Waals surface area contributed by atoms with Crippen molar-refractivity contribution in [3.8, 4) is 0 Å². The molecule has 1 N–H and O–H groups in total. The number of hydrogen-bond donors (Lipinski definition) is 1. The molecule has 1 saturated heterocycles. The van der Waals surface area contributed by atoms with Crippen molar-refractivity contribution in [3.63, 3.8) is 0 Å². The largest absolute Gasteiger partial charge is 0.344 e. The minimum absolute atomic E-state index is 0.136. The van der Waals surface area contributed by atoms with Crippen LogP contribution in [0.1, 0.15) is 96.0 Å². The summed E-state index contributed by atoms with van der Waals surface area (Å²) in [6.45, 7) is 2.22. The first-order chi connectivity index (χ1) is 15.7. The Balaban J connectivity index is 1.39. The molecule has 176 valence electrons. The number of unbranched alkanes of at least 4 members (excludes halogenated alkanes) is 1. The van der Waals surface area contributed by atoms with Crippen LogP contribution in [-0.4, -0.2) is 39.9 Å². The molecule has 5 heteroatoms. The maximum Gasteiger partial charge on any atom is 0.226 e. The number of amides is 1. The minimum atomic E-state index is 0.136. The molecule has 1 aromatic rings. The molecular weight excluding hydrogens is 414 g/mol. The molecule has 3 fully saturated rings. The van der Waals surface area contributed by atoms with Crippen LogP contribution in [0, 0.1) is 0 Å². The number of aliphatic imine (C=N–C) groups is 1. The van der Waals surface area contributed by atoms with E-state index in [2.05, 4.69) is 41.4 Å². The van der Waals surface area contributed by atoms with Crippen LogP contribution in [-0.2, 0) is 11.2 Å². The zero-order valence-corrected chi connectivity index (χ0v) is 20.7. The van der Waals surface area contributed by atoms with Crippen LogP contribution in [0.15, 0.2) is 29.3 Å². The molecule has 1 amide bonds. The van der Waals surface area contributed by atoms with Gasteiger partial charge in [0.25, 0.3) is 0 Å². The van der Waals surface area contributed by atoms with Gasteiger partial charge >= 0.3 is 0 Å². The summed E-state index contributed by atoms with van der Waals surface area (Å²) in [4.78, 5) is 20.8. The molecule has 2 aliphatic carbocycles. The third-order valence-corrected chi connectivity index (χ3v) is 8.46. The number of benzene rings is 1. The van der Waals surface area contributed by atoms with Gasteiger partial charge in [0.05, 0.1) is 6.04 Å². The molecule has 0 aromatic heterocycles. The normalized spacial score (nSPS) is 24.2. The van der Waals surface area contributed by atoms with Gasteiger partial charge in [-0.15, -0.1) is 0 Å². The molecule has 2 saturated carbocycles. The molecule has 1 atom stereocenters. The van der Waals surface area contributed by atoms with Crippen LogP contribution >= 0.6 is 11.8 Å². The summed E-state index contributed by atoms with van der Waals surface area (Å²) in [5.41, 5.74) is 2.27. The Hall–Kier alpha value is -1.49. The highest BCUT2D eigenvalue weighted by Gasteiger charge is 2.37. The second-order valence-corrected chi connectivity index (χ2v) is 10.9. The van der Waals surface area contributed by atoms with Gasteiger partial charge in [0.15, 0.2) is 5.17 Å². The SMILES string of the molecule is CCCCc1ccc(NC(=O)CC2CSC(=NC3CCCCC3)N2C2CCCCC2)cc1. The van der Waals surface area contributed by atoms with E-state index in [1.165, 1.54) is 87.8 Å². The minimum Gasteiger partial charge on any atom is -0.344 e. The maximum absolute atomic E-state index is 13.0. The van der Waals surface area contributed by atoms with Gasteiger partial charge < -0.3 is 10.2 Å². The Labute approximate surface area is 199 Å². The second kappa shape index (κ2) is 12.1. The van der Waals surface area contributed by atoms with Crippen molar-refractivity contribution >= 4 is 28.5 Å². The first-order valence-electron chi connectivity index (χ1n) is 13.1. The number of hydrogen-bond acceptors (Lipinski definition) is 3. The lowest BCUT2D eigenvalue weighted by Gasteiger charge is -2.37. The number of nitrogens with zero attached hydrogens (tertiary/aromatic N) is 2. The number of rotatable bonds is 8. The van der Waals surface area contributed by atoms with Crippen LogP contribution in [0.5, 0.6) is 0 Å². The Morgan fingerprint density at radius 1 is 1.03 bits per heavy atom. The molecule has 1 aromatic carbocycles. The molecule has 0 spiro atoms. The fourth-order valence-electron chi connectivity index (χ4n) is 5.48. The topological polar surface area (TPSA) is 44.7 Å². The van der Waals surface area contributed by atoms with Crippen molar-refractivity contribution in [1.82, 2.24) is 4.90 Å². The molecule has 32 heavy (non-hydrogen) atoms. The van der Waals surface area contributed by atoms with Crippen molar-refractivity contribution in [2.45, 2.75) is 115 Å². The van der Waals surface area contributed by atoms with E-state index in [4.69, 9.17) is 4.99 Å². The van der Waals surface area contributed by atoms with Crippen LogP contribution in [0.3, 0.4) is 0 Å². The van der Waals surface area contributed by atoms with Gasteiger partial charge in [-0.1, -0.05) is 75.8 Å². The number of carbonyl (C=O) groups is 1. The average Bonchev–Trinajstić information content (AvgIpc) is 3.21. The molecule has 1 unspecified atom stereocenters. The second-order valence-electron chi connectivity index (χ2n) is 9.92. The number of thioether (sulfide) groups is 1. The van der Waals surface area contributed by atoms with Crippen LogP contribution in [0.25, 0.3) is 0 Å². The van der Waals surface area contributed by atoms with E-state index in [1.807, 2.05) is 11.8 Å². The van der Waals surface area contributed by atoms with Crippen LogP contribution in [0.4, 0.5) is 5.69 Å². The fourth-order valence-corrected chi connectivity index (χ4v) is 6.78. The Bertz CT molecular complexity index is 751. The number of anilines is 1. The lowest BCUT2D eigenvalue weighted by atomic mass is 9.93. The quantitative estimate of drug-likeness (QED) is 0.469. The van der Waals surface area contributed by atoms with Gasteiger partial charge in [-0.3, -0.25) is 9.79 Å². The van der Waals surface area contributed by atoms with E-state index in [0.717, 1.165) is 17.9 Å². The number of nitrogens with one attached hydrogen (secondary N) is 1. The zero-order chi connectivity index (χ0) is 22.2. The molecule has 1 aliphatic heterocycles. The maximum atomic E-state index is 13.0. The smallest absolute Gasteiger partial charge is 0.226 e. The van der Waals surface area contributed by atoms with Gasteiger partial charge in [-0.25, -0.2) is 0 Å². The molecule has 1 heterocycles. The van der Waals surface area contributed by atoms with Gasteiger partial charge in [0.1, 0.15) is 0 Å². The van der Waals surface area contributed by atoms with Crippen LogP contribution < -0.4 is 5.32 Å². The van der Waals surface area contributed by atoms with Crippen molar-refractivity contribution in [2.75, 3.05) is 11.1 Å². The van der Waals surface area contributed by atoms with E-state index in [-0.39, 0.29) is 11.9 Å². The molecule has 4 nitrogen and oxygen atoms in total. The summed E-state index contributed by atoms with van der Waals surface area (Å²) < 4.78 is 0. The lowest BCUT2D eigenvalue weighted by Crippen LogP contribution is -2.45. The first-order valence-corrected chi connectivity index (χ1v) is 14.1. The molecule has 3 aliphatic rings. The van der Waals surface area contributed by atoms with Crippen molar-refractivity contribution in [1.29, 1.82) is 0 Å². The van der Waals surface area contributed by atoms with Crippen molar-refractivity contribution in [2.24, 2.45) is 4.99 Å². The standard InChI is InChI=1S/C27H41N3OS/c1-2-3-10-21-15-17-23(18-16-21)28-26(31)19-25-20-32-27(29-22-11-6-4-7-12-22)30(25)24-13-8-5-9-14-24/h15-18,22,24-25H,2-14,19-20H2,1H3,(H,28,31). The van der Waals surface area contributed by atoms with Gasteiger partial charge in [0, 0.05) is 29.9 Å². The predicted octanol–water partition coefficient (Wildman–Crippen LogP) is 6.80. The number of aryl methyl sites for hydroxylation is 1. The Kier molecular flexibility index (Phi) is 8.95. The zero-order valence-electron chi connectivity index (χ0n) is 19.9. The predicted molar refractivity (Wildman–Crippen MR) is 138 cm³/mol. The van der Waals surface area contributed by atoms with Gasteiger partial charge in [-0.05, 0) is 56.2 Å². The lowest BCUT2D eigenvalue weighted by molar-refractivity contribution is -0.117. The monoisotopic (exact) mass is 455 g/mol. The highest BCUT2D eigenvalue weighted by atomic mass is 32.2. The molecular formula is C27H41N3OS. The third-order valence-electron chi connectivity index (χ3n) is 7.33. The van der Waals surface area contributed by atoms with E-state index in [0.29, 0.717) is 18.5 Å². The van der Waals surface area contributed by atoms with E-state index >= 15 is 0 Å². The first kappa shape index (κ1) is 23.7. The number of amidine groups is 1. The summed E-state index contributed by atoms with van der Waals surface area (Å²) in [6, 6.07) is 9.75. The van der Waals surface area contributed by atoms with Gasteiger partial charge in [-0.2, -0.15) is 0 Å². The van der Waals surface area contributed by atoms with Crippen LogP contribution in [0.2, 0.25) is 0 Å². The highest BCUT2D eigenvalue weighted by molar-refractivity contribution is 8.14. The Morgan fingerprint density at radius 2 is 1.72 bits per heavy atom. The van der Waals surface area contributed by atoms with E-state index in [9.17, 15) is 4.79 Å². The Morgan fingerprint density at radius 3 is 2.41 bits per heavy atom. The summed E-state index contributed by atoms with van der Waals surface area (Å²) in [7, 11) is 0. The fraction of sp³-hybridized carbons (Fsp3) is 0.704. The summed E-state index contributed by atoms with van der Waals surface area (Å²) in [5.74, 6) is 1.13. The third kappa shape index (κ3) is 6.52. The molecule has 0 bridgehead atoms. The van der Waals surface area contributed by atoms with Gasteiger partial charge in [0.2, 0.25) is 5.91 Å².